The zero-order valence-corrected chi connectivity index (χ0v) is 18.9. The summed E-state index contributed by atoms with van der Waals surface area (Å²) in [7, 11) is 0. The molecule has 2 aliphatic heterocycles. The number of hydrogen-bond acceptors (Lipinski definition) is 5. The minimum atomic E-state index is -0.794. The van der Waals surface area contributed by atoms with E-state index in [1.165, 1.54) is 0 Å². The van der Waals surface area contributed by atoms with Gasteiger partial charge in [-0.25, -0.2) is 0 Å². The Balaban J connectivity index is 0.00000320. The molecule has 2 amide bonds. The molecule has 2 atom stereocenters. The van der Waals surface area contributed by atoms with Crippen LogP contribution in [0.5, 0.6) is 0 Å². The summed E-state index contributed by atoms with van der Waals surface area (Å²) in [6.07, 6.45) is 1.22. The highest BCUT2D eigenvalue weighted by Gasteiger charge is 2.29. The monoisotopic (exact) mass is 475 g/mol. The van der Waals surface area contributed by atoms with E-state index in [-0.39, 0.29) is 48.5 Å². The number of amides is 2. The summed E-state index contributed by atoms with van der Waals surface area (Å²) < 4.78 is 0. The highest BCUT2D eigenvalue weighted by atomic mass is 35.5. The molecular weight excluding hydrogens is 449 g/mol. The van der Waals surface area contributed by atoms with Gasteiger partial charge in [-0.05, 0) is 30.5 Å². The van der Waals surface area contributed by atoms with Crippen molar-refractivity contribution in [2.24, 2.45) is 5.92 Å². The molecule has 30 heavy (non-hydrogen) atoms. The molecule has 0 bridgehead atoms. The Kier molecular flexibility index (Phi) is 9.74. The molecule has 0 unspecified atom stereocenters. The predicted molar refractivity (Wildman–Crippen MR) is 120 cm³/mol. The lowest BCUT2D eigenvalue weighted by atomic mass is 9.93. The predicted octanol–water partition coefficient (Wildman–Crippen LogP) is 2.34. The number of rotatable bonds is 7. The van der Waals surface area contributed by atoms with Crippen molar-refractivity contribution in [3.05, 3.63) is 34.9 Å². The summed E-state index contributed by atoms with van der Waals surface area (Å²) in [6, 6.07) is 7.13. The van der Waals surface area contributed by atoms with Gasteiger partial charge >= 0.3 is 5.97 Å². The number of carbonyl (C=O) groups is 3. The third-order valence-electron chi connectivity index (χ3n) is 5.51. The number of nitrogens with zero attached hydrogens (tertiary/aromatic N) is 1. The second kappa shape index (κ2) is 11.8. The molecule has 1 aromatic carbocycles. The molecule has 2 fully saturated rings. The maximum absolute atomic E-state index is 12.9. The van der Waals surface area contributed by atoms with Crippen LogP contribution in [0.1, 0.15) is 30.7 Å². The van der Waals surface area contributed by atoms with Crippen molar-refractivity contribution in [1.29, 1.82) is 0 Å². The van der Waals surface area contributed by atoms with Crippen LogP contribution in [0.2, 0.25) is 5.02 Å². The van der Waals surface area contributed by atoms with Gasteiger partial charge in [-0.2, -0.15) is 0 Å². The molecule has 3 rings (SSSR count). The third-order valence-corrected chi connectivity index (χ3v) is 6.71. The SMILES string of the molecule is Cl.O=C(O)C1CCN(C(=O)C[C@@H](CNC(=O)[C@@H]2CSCN2)c2ccc(Cl)cc2)CC1. The summed E-state index contributed by atoms with van der Waals surface area (Å²) in [4.78, 5) is 38.1. The zero-order chi connectivity index (χ0) is 20.8. The molecular formula is C20H27Cl2N3O4S. The number of aliphatic carboxylic acids is 1. The smallest absolute Gasteiger partial charge is 0.306 e. The van der Waals surface area contributed by atoms with Gasteiger partial charge < -0.3 is 15.3 Å². The molecule has 10 heteroatoms. The molecule has 0 aliphatic carbocycles. The van der Waals surface area contributed by atoms with E-state index >= 15 is 0 Å². The van der Waals surface area contributed by atoms with Crippen molar-refractivity contribution in [3.63, 3.8) is 0 Å². The van der Waals surface area contributed by atoms with Crippen LogP contribution in [-0.2, 0) is 14.4 Å². The molecule has 0 aromatic heterocycles. The Bertz CT molecular complexity index is 736. The number of halogens is 2. The van der Waals surface area contributed by atoms with Crippen molar-refractivity contribution in [2.45, 2.75) is 31.2 Å². The Morgan fingerprint density at radius 1 is 1.23 bits per heavy atom. The van der Waals surface area contributed by atoms with Crippen LogP contribution in [0.3, 0.4) is 0 Å². The second-order valence-corrected chi connectivity index (χ2v) is 8.93. The van der Waals surface area contributed by atoms with Gasteiger partial charge in [0, 0.05) is 48.6 Å². The van der Waals surface area contributed by atoms with E-state index < -0.39 is 5.97 Å². The van der Waals surface area contributed by atoms with Gasteiger partial charge in [0.1, 0.15) is 0 Å². The lowest BCUT2D eigenvalue weighted by Gasteiger charge is -2.31. The van der Waals surface area contributed by atoms with Gasteiger partial charge in [0.2, 0.25) is 11.8 Å². The maximum atomic E-state index is 12.9. The fraction of sp³-hybridized carbons (Fsp3) is 0.550. The Hall–Kier alpha value is -1.48. The molecule has 2 aliphatic rings. The van der Waals surface area contributed by atoms with E-state index in [1.807, 2.05) is 12.1 Å². The molecule has 0 saturated carbocycles. The molecule has 1 aromatic rings. The molecule has 0 radical (unpaired) electrons. The van der Waals surface area contributed by atoms with Crippen LogP contribution in [0, 0.1) is 5.92 Å². The van der Waals surface area contributed by atoms with Crippen LogP contribution >= 0.6 is 35.8 Å². The summed E-state index contributed by atoms with van der Waals surface area (Å²) in [6.45, 7) is 1.28. The first-order chi connectivity index (χ1) is 13.9. The van der Waals surface area contributed by atoms with Gasteiger partial charge in [0.25, 0.3) is 0 Å². The van der Waals surface area contributed by atoms with Gasteiger partial charge in [-0.3, -0.25) is 19.7 Å². The van der Waals surface area contributed by atoms with Crippen LogP contribution < -0.4 is 10.6 Å². The van der Waals surface area contributed by atoms with Gasteiger partial charge in [-0.15, -0.1) is 24.2 Å². The standard InChI is InChI=1S/C20H26ClN3O4S.ClH/c21-16-3-1-13(2-4-16)15(10-22-19(26)17-11-29-12-23-17)9-18(25)24-7-5-14(6-8-24)20(27)28;/h1-4,14-15,17,23H,5-12H2,(H,22,26)(H,27,28);1H/t15-,17-;/m0./s1. The van der Waals surface area contributed by atoms with Gasteiger partial charge in [0.05, 0.1) is 12.0 Å². The summed E-state index contributed by atoms with van der Waals surface area (Å²) in [5.74, 6) is 0.106. The fourth-order valence-electron chi connectivity index (χ4n) is 3.67. The number of nitrogens with one attached hydrogen (secondary N) is 2. The van der Waals surface area contributed by atoms with Crippen LogP contribution in [0.4, 0.5) is 0 Å². The van der Waals surface area contributed by atoms with Crippen LogP contribution in [-0.4, -0.2) is 65.1 Å². The molecule has 0 spiro atoms. The Labute approximate surface area is 191 Å². The van der Waals surface area contributed by atoms with Crippen molar-refractivity contribution in [2.75, 3.05) is 31.3 Å². The Morgan fingerprint density at radius 3 is 2.47 bits per heavy atom. The quantitative estimate of drug-likeness (QED) is 0.559. The van der Waals surface area contributed by atoms with E-state index in [2.05, 4.69) is 10.6 Å². The second-order valence-electron chi connectivity index (χ2n) is 7.46. The van der Waals surface area contributed by atoms with E-state index in [0.717, 1.165) is 17.2 Å². The highest BCUT2D eigenvalue weighted by molar-refractivity contribution is 7.99. The first-order valence-electron chi connectivity index (χ1n) is 9.79. The first kappa shape index (κ1) is 24.8. The minimum absolute atomic E-state index is 0. The third kappa shape index (κ3) is 6.77. The summed E-state index contributed by atoms with van der Waals surface area (Å²) >= 11 is 7.68. The first-order valence-corrected chi connectivity index (χ1v) is 11.3. The number of carboxylic acid groups (broad SMARTS) is 1. The van der Waals surface area contributed by atoms with Crippen molar-refractivity contribution < 1.29 is 19.5 Å². The van der Waals surface area contributed by atoms with Gasteiger partial charge in [0.15, 0.2) is 0 Å². The van der Waals surface area contributed by atoms with E-state index in [4.69, 9.17) is 16.7 Å². The number of piperidine rings is 1. The highest BCUT2D eigenvalue weighted by Crippen LogP contribution is 2.25. The lowest BCUT2D eigenvalue weighted by molar-refractivity contribution is -0.145. The van der Waals surface area contributed by atoms with Crippen LogP contribution in [0.25, 0.3) is 0 Å². The fourth-order valence-corrected chi connectivity index (χ4v) is 4.74. The molecule has 7 nitrogen and oxygen atoms in total. The number of benzene rings is 1. The summed E-state index contributed by atoms with van der Waals surface area (Å²) in [5, 5.41) is 15.9. The van der Waals surface area contributed by atoms with Crippen molar-refractivity contribution in [1.82, 2.24) is 15.5 Å². The average molecular weight is 476 g/mol. The largest absolute Gasteiger partial charge is 0.481 e. The number of hydrogen-bond donors (Lipinski definition) is 3. The Morgan fingerprint density at radius 2 is 1.90 bits per heavy atom. The van der Waals surface area contributed by atoms with E-state index in [0.29, 0.717) is 37.5 Å². The maximum Gasteiger partial charge on any atom is 0.306 e. The van der Waals surface area contributed by atoms with Crippen LogP contribution in [0.15, 0.2) is 24.3 Å². The normalized spacial score (nSPS) is 20.3. The molecule has 2 heterocycles. The zero-order valence-electron chi connectivity index (χ0n) is 16.5. The average Bonchev–Trinajstić information content (AvgIpc) is 3.26. The molecule has 2 saturated heterocycles. The summed E-state index contributed by atoms with van der Waals surface area (Å²) in [5.41, 5.74) is 0.942. The van der Waals surface area contributed by atoms with Crippen molar-refractivity contribution >= 4 is 53.6 Å². The number of carbonyl (C=O) groups excluding carboxylic acids is 2. The van der Waals surface area contributed by atoms with E-state index in [9.17, 15) is 14.4 Å². The van der Waals surface area contributed by atoms with Gasteiger partial charge in [-0.1, -0.05) is 23.7 Å². The lowest BCUT2D eigenvalue weighted by Crippen LogP contribution is -2.44. The number of carboxylic acids is 1. The topological polar surface area (TPSA) is 98.7 Å². The number of likely N-dealkylation sites (tertiary alicyclic amines) is 1. The molecule has 166 valence electrons. The van der Waals surface area contributed by atoms with E-state index in [1.54, 1.807) is 28.8 Å². The van der Waals surface area contributed by atoms with Crippen molar-refractivity contribution in [3.8, 4) is 0 Å². The number of thioether (sulfide) groups is 1. The molecule has 3 N–H and O–H groups in total. The minimum Gasteiger partial charge on any atom is -0.481 e.